The number of rotatable bonds is 6. The van der Waals surface area contributed by atoms with Gasteiger partial charge in [0.1, 0.15) is 27.7 Å². The molecule has 2 heterocycles. The Bertz CT molecular complexity index is 952. The summed E-state index contributed by atoms with van der Waals surface area (Å²) in [6.45, 7) is 3.78. The Morgan fingerprint density at radius 3 is 2.24 bits per heavy atom. The fourth-order valence-electron chi connectivity index (χ4n) is 3.55. The lowest BCUT2D eigenvalue weighted by Crippen LogP contribution is -2.46. The molecule has 1 aromatic heterocycles. The number of ether oxygens (including phenoxy) is 2. The summed E-state index contributed by atoms with van der Waals surface area (Å²) >= 11 is 0. The number of sulfonamides is 1. The maximum atomic E-state index is 12.9. The molecule has 1 saturated heterocycles. The third kappa shape index (κ3) is 4.08. The summed E-state index contributed by atoms with van der Waals surface area (Å²) in [5, 5.41) is 6.70. The topological polar surface area (TPSA) is 111 Å². The van der Waals surface area contributed by atoms with E-state index in [2.05, 4.69) is 10.5 Å². The fraction of sp³-hybridized carbons (Fsp3) is 0.474. The van der Waals surface area contributed by atoms with Gasteiger partial charge in [-0.3, -0.25) is 4.79 Å². The number of aryl methyl sites for hydroxylation is 2. The average Bonchev–Trinajstić information content (AvgIpc) is 3.06. The molecule has 1 fully saturated rings. The van der Waals surface area contributed by atoms with Gasteiger partial charge in [0, 0.05) is 19.1 Å². The van der Waals surface area contributed by atoms with Crippen LogP contribution < -0.4 is 14.8 Å². The van der Waals surface area contributed by atoms with Gasteiger partial charge in [-0.15, -0.1) is 0 Å². The molecule has 1 aromatic carbocycles. The summed E-state index contributed by atoms with van der Waals surface area (Å²) in [5.74, 6) is 0.799. The quantitative estimate of drug-likeness (QED) is 0.755. The summed E-state index contributed by atoms with van der Waals surface area (Å²) in [4.78, 5) is 12.9. The minimum absolute atomic E-state index is 0.124. The first kappa shape index (κ1) is 21.1. The molecule has 9 nitrogen and oxygen atoms in total. The lowest BCUT2D eigenvalue weighted by atomic mass is 10.1. The summed E-state index contributed by atoms with van der Waals surface area (Å²) < 4.78 is 42.8. The van der Waals surface area contributed by atoms with E-state index in [1.54, 1.807) is 32.0 Å². The van der Waals surface area contributed by atoms with Gasteiger partial charge in [0.2, 0.25) is 10.0 Å². The van der Waals surface area contributed by atoms with Crippen molar-refractivity contribution in [2.45, 2.75) is 37.6 Å². The van der Waals surface area contributed by atoms with Gasteiger partial charge in [-0.05, 0) is 38.8 Å². The molecule has 29 heavy (non-hydrogen) atoms. The summed E-state index contributed by atoms with van der Waals surface area (Å²) in [5.41, 5.74) is 0.671. The monoisotopic (exact) mass is 423 g/mol. The second-order valence-electron chi connectivity index (χ2n) is 6.84. The maximum Gasteiger partial charge on any atom is 0.259 e. The molecular weight excluding hydrogens is 398 g/mol. The number of nitrogens with one attached hydrogen (secondary N) is 1. The van der Waals surface area contributed by atoms with Gasteiger partial charge in [-0.2, -0.15) is 4.31 Å². The third-order valence-corrected chi connectivity index (χ3v) is 7.15. The molecule has 0 spiro atoms. The lowest BCUT2D eigenvalue weighted by Gasteiger charge is -2.31. The number of methoxy groups -OCH3 is 2. The van der Waals surface area contributed by atoms with Crippen LogP contribution in [0.4, 0.5) is 0 Å². The van der Waals surface area contributed by atoms with E-state index < -0.39 is 10.0 Å². The zero-order chi connectivity index (χ0) is 21.2. The standard InChI is InChI=1S/C19H25N3O6S/c1-12-18(13(2)28-21-12)29(24,25)22-10-8-14(9-11-22)20-19(23)17-15(26-3)6-5-7-16(17)27-4/h5-7,14H,8-11H2,1-4H3,(H,20,23). The molecule has 1 N–H and O–H groups in total. The first-order chi connectivity index (χ1) is 13.8. The Kier molecular flexibility index (Phi) is 6.13. The molecule has 0 atom stereocenters. The van der Waals surface area contributed by atoms with E-state index in [4.69, 9.17) is 14.0 Å². The molecule has 1 amide bonds. The van der Waals surface area contributed by atoms with E-state index in [1.807, 2.05) is 0 Å². The first-order valence-corrected chi connectivity index (χ1v) is 10.7. The van der Waals surface area contributed by atoms with Crippen molar-refractivity contribution >= 4 is 15.9 Å². The van der Waals surface area contributed by atoms with Gasteiger partial charge < -0.3 is 19.3 Å². The van der Waals surface area contributed by atoms with Crippen molar-refractivity contribution in [1.29, 1.82) is 0 Å². The van der Waals surface area contributed by atoms with Crippen LogP contribution in [0, 0.1) is 13.8 Å². The van der Waals surface area contributed by atoms with Crippen LogP contribution in [-0.4, -0.2) is 57.1 Å². The van der Waals surface area contributed by atoms with Crippen molar-refractivity contribution in [3.63, 3.8) is 0 Å². The average molecular weight is 423 g/mol. The number of hydrogen-bond donors (Lipinski definition) is 1. The van der Waals surface area contributed by atoms with Crippen molar-refractivity contribution in [2.75, 3.05) is 27.3 Å². The zero-order valence-corrected chi connectivity index (χ0v) is 17.7. The maximum absolute atomic E-state index is 12.9. The number of carbonyl (C=O) groups is 1. The van der Waals surface area contributed by atoms with Crippen molar-refractivity contribution in [3.05, 3.63) is 35.2 Å². The minimum atomic E-state index is -3.68. The molecule has 0 saturated carbocycles. The molecule has 0 unspecified atom stereocenters. The van der Waals surface area contributed by atoms with E-state index in [-0.39, 0.29) is 22.6 Å². The molecule has 2 aromatic rings. The van der Waals surface area contributed by atoms with Crippen LogP contribution >= 0.6 is 0 Å². The molecule has 10 heteroatoms. The third-order valence-electron chi connectivity index (χ3n) is 5.01. The normalized spacial score (nSPS) is 15.9. The van der Waals surface area contributed by atoms with E-state index in [9.17, 15) is 13.2 Å². The van der Waals surface area contributed by atoms with Gasteiger partial charge in [0.05, 0.1) is 14.2 Å². The highest BCUT2D eigenvalue weighted by Crippen LogP contribution is 2.29. The van der Waals surface area contributed by atoms with Crippen molar-refractivity contribution in [3.8, 4) is 11.5 Å². The molecule has 158 valence electrons. The van der Waals surface area contributed by atoms with Crippen molar-refractivity contribution in [2.24, 2.45) is 0 Å². The second-order valence-corrected chi connectivity index (χ2v) is 8.72. The summed E-state index contributed by atoms with van der Waals surface area (Å²) in [7, 11) is -0.702. The predicted molar refractivity (Wildman–Crippen MR) is 105 cm³/mol. The van der Waals surface area contributed by atoms with Crippen LogP contribution in [0.2, 0.25) is 0 Å². The number of carbonyl (C=O) groups excluding carboxylic acids is 1. The Labute approximate surface area is 170 Å². The van der Waals surface area contributed by atoms with E-state index >= 15 is 0 Å². The number of benzene rings is 1. The van der Waals surface area contributed by atoms with E-state index in [0.29, 0.717) is 48.7 Å². The number of aromatic nitrogens is 1. The Morgan fingerprint density at radius 2 is 1.76 bits per heavy atom. The number of piperidine rings is 1. The van der Waals surface area contributed by atoms with Crippen LogP contribution in [-0.2, 0) is 10.0 Å². The highest BCUT2D eigenvalue weighted by molar-refractivity contribution is 7.89. The molecule has 1 aliphatic heterocycles. The summed E-state index contributed by atoms with van der Waals surface area (Å²) in [6, 6.07) is 4.96. The summed E-state index contributed by atoms with van der Waals surface area (Å²) in [6.07, 6.45) is 0.984. The van der Waals surface area contributed by atoms with Gasteiger partial charge >= 0.3 is 0 Å². The molecule has 0 radical (unpaired) electrons. The highest BCUT2D eigenvalue weighted by atomic mass is 32.2. The highest BCUT2D eigenvalue weighted by Gasteiger charge is 2.34. The molecule has 3 rings (SSSR count). The SMILES string of the molecule is COc1cccc(OC)c1C(=O)NC1CCN(S(=O)(=O)c2c(C)noc2C)CC1. The van der Waals surface area contributed by atoms with Crippen LogP contribution in [0.3, 0.4) is 0 Å². The molecule has 0 aliphatic carbocycles. The zero-order valence-electron chi connectivity index (χ0n) is 16.9. The molecule has 0 bridgehead atoms. The van der Waals surface area contributed by atoms with Crippen LogP contribution in [0.1, 0.15) is 34.7 Å². The largest absolute Gasteiger partial charge is 0.496 e. The van der Waals surface area contributed by atoms with Gasteiger partial charge in [0.25, 0.3) is 5.91 Å². The number of amides is 1. The Hall–Kier alpha value is -2.59. The Balaban J connectivity index is 1.69. The van der Waals surface area contributed by atoms with Crippen molar-refractivity contribution < 1.29 is 27.2 Å². The van der Waals surface area contributed by atoms with Gasteiger partial charge in [-0.25, -0.2) is 8.42 Å². The van der Waals surface area contributed by atoms with Crippen LogP contribution in [0.25, 0.3) is 0 Å². The Morgan fingerprint density at radius 1 is 1.17 bits per heavy atom. The smallest absolute Gasteiger partial charge is 0.259 e. The number of hydrogen-bond acceptors (Lipinski definition) is 7. The van der Waals surface area contributed by atoms with Crippen LogP contribution in [0.5, 0.6) is 11.5 Å². The van der Waals surface area contributed by atoms with E-state index in [0.717, 1.165) is 0 Å². The molecule has 1 aliphatic rings. The van der Waals surface area contributed by atoms with Gasteiger partial charge in [-0.1, -0.05) is 11.2 Å². The fourth-order valence-corrected chi connectivity index (χ4v) is 5.31. The van der Waals surface area contributed by atoms with Crippen LogP contribution in [0.15, 0.2) is 27.6 Å². The predicted octanol–water partition coefficient (Wildman–Crippen LogP) is 1.89. The second kappa shape index (κ2) is 8.42. The molecular formula is C19H25N3O6S. The first-order valence-electron chi connectivity index (χ1n) is 9.24. The number of nitrogens with zero attached hydrogens (tertiary/aromatic N) is 2. The minimum Gasteiger partial charge on any atom is -0.496 e. The van der Waals surface area contributed by atoms with Gasteiger partial charge in [0.15, 0.2) is 5.76 Å². The lowest BCUT2D eigenvalue weighted by molar-refractivity contribution is 0.0917. The van der Waals surface area contributed by atoms with E-state index in [1.165, 1.54) is 18.5 Å². The van der Waals surface area contributed by atoms with Crippen molar-refractivity contribution in [1.82, 2.24) is 14.8 Å².